The molecule has 5 heteroatoms. The van der Waals surface area contributed by atoms with Crippen LogP contribution in [0.4, 0.5) is 5.69 Å². The second-order valence-corrected chi connectivity index (χ2v) is 5.86. The summed E-state index contributed by atoms with van der Waals surface area (Å²) < 4.78 is 7.09. The first-order valence-corrected chi connectivity index (χ1v) is 8.22. The summed E-state index contributed by atoms with van der Waals surface area (Å²) >= 11 is 0. The highest BCUT2D eigenvalue weighted by atomic mass is 16.5. The van der Waals surface area contributed by atoms with Gasteiger partial charge in [-0.25, -0.2) is 4.98 Å². The number of nitrogens with one attached hydrogen (secondary N) is 1. The number of amides is 1. The summed E-state index contributed by atoms with van der Waals surface area (Å²) in [4.78, 5) is 17.0. The first-order valence-electron chi connectivity index (χ1n) is 8.22. The molecule has 0 aliphatic carbocycles. The lowest BCUT2D eigenvalue weighted by Gasteiger charge is -2.07. The molecule has 0 unspecified atom stereocenters. The molecule has 0 bridgehead atoms. The quantitative estimate of drug-likeness (QED) is 0.602. The molecule has 0 spiro atoms. The molecule has 2 heterocycles. The molecule has 1 amide bonds. The number of pyridine rings is 1. The van der Waals surface area contributed by atoms with Gasteiger partial charge >= 0.3 is 0 Å². The SMILES string of the molecule is COc1ccc(C(=O)Nc2cccc(-c3cn4ccccc4n3)c2)cc1. The van der Waals surface area contributed by atoms with E-state index in [1.807, 2.05) is 59.3 Å². The second kappa shape index (κ2) is 6.72. The minimum absolute atomic E-state index is 0.167. The Kier molecular flexibility index (Phi) is 4.11. The number of imidazole rings is 1. The third kappa shape index (κ3) is 3.15. The van der Waals surface area contributed by atoms with Gasteiger partial charge in [0.25, 0.3) is 5.91 Å². The predicted molar refractivity (Wildman–Crippen MR) is 102 cm³/mol. The molecule has 0 saturated carbocycles. The number of benzene rings is 2. The van der Waals surface area contributed by atoms with Crippen LogP contribution in [0.1, 0.15) is 10.4 Å². The molecule has 2 aromatic heterocycles. The maximum Gasteiger partial charge on any atom is 0.255 e. The number of carbonyl (C=O) groups excluding carboxylic acids is 1. The standard InChI is InChI=1S/C21H17N3O2/c1-26-18-10-8-15(9-11-18)21(25)22-17-6-4-5-16(13-17)19-14-24-12-3-2-7-20(24)23-19/h2-14H,1H3,(H,22,25). The van der Waals surface area contributed by atoms with Crippen molar-refractivity contribution in [2.24, 2.45) is 0 Å². The number of fused-ring (bicyclic) bond motifs is 1. The fourth-order valence-corrected chi connectivity index (χ4v) is 2.78. The molecule has 0 aliphatic heterocycles. The van der Waals surface area contributed by atoms with Crippen molar-refractivity contribution in [3.63, 3.8) is 0 Å². The summed E-state index contributed by atoms with van der Waals surface area (Å²) in [6, 6.07) is 20.5. The summed E-state index contributed by atoms with van der Waals surface area (Å²) in [5, 5.41) is 2.93. The second-order valence-electron chi connectivity index (χ2n) is 5.86. The third-order valence-corrected chi connectivity index (χ3v) is 4.13. The van der Waals surface area contributed by atoms with Gasteiger partial charge < -0.3 is 14.5 Å². The Morgan fingerprint density at radius 3 is 2.65 bits per heavy atom. The van der Waals surface area contributed by atoms with Crippen LogP contribution in [0.25, 0.3) is 16.9 Å². The number of rotatable bonds is 4. The van der Waals surface area contributed by atoms with Gasteiger partial charge in [0.15, 0.2) is 0 Å². The number of ether oxygens (including phenoxy) is 1. The van der Waals surface area contributed by atoms with Crippen molar-refractivity contribution in [2.45, 2.75) is 0 Å². The van der Waals surface area contributed by atoms with Crippen molar-refractivity contribution >= 4 is 17.2 Å². The van der Waals surface area contributed by atoms with Crippen LogP contribution >= 0.6 is 0 Å². The topological polar surface area (TPSA) is 55.6 Å². The molecule has 0 radical (unpaired) electrons. The van der Waals surface area contributed by atoms with Crippen LogP contribution in [-0.2, 0) is 0 Å². The largest absolute Gasteiger partial charge is 0.497 e. The average Bonchev–Trinajstić information content (AvgIpc) is 3.12. The zero-order chi connectivity index (χ0) is 17.9. The molecule has 1 N–H and O–H groups in total. The Balaban J connectivity index is 1.57. The van der Waals surface area contributed by atoms with E-state index < -0.39 is 0 Å². The third-order valence-electron chi connectivity index (χ3n) is 4.13. The van der Waals surface area contributed by atoms with Crippen molar-refractivity contribution in [3.05, 3.63) is 84.7 Å². The molecule has 5 nitrogen and oxygen atoms in total. The van der Waals surface area contributed by atoms with Gasteiger partial charge in [0, 0.05) is 29.2 Å². The van der Waals surface area contributed by atoms with Crippen LogP contribution in [0, 0.1) is 0 Å². The van der Waals surface area contributed by atoms with Crippen molar-refractivity contribution < 1.29 is 9.53 Å². The van der Waals surface area contributed by atoms with E-state index in [1.54, 1.807) is 31.4 Å². The Hall–Kier alpha value is -3.60. The monoisotopic (exact) mass is 343 g/mol. The smallest absolute Gasteiger partial charge is 0.255 e. The number of carbonyl (C=O) groups is 1. The van der Waals surface area contributed by atoms with Crippen LogP contribution < -0.4 is 10.1 Å². The van der Waals surface area contributed by atoms with Crippen LogP contribution in [0.15, 0.2) is 79.1 Å². The molecule has 128 valence electrons. The summed E-state index contributed by atoms with van der Waals surface area (Å²) in [6.07, 6.45) is 3.93. The molecule has 4 rings (SSSR count). The van der Waals surface area contributed by atoms with Gasteiger partial charge in [0.1, 0.15) is 11.4 Å². The molecule has 0 aliphatic rings. The average molecular weight is 343 g/mol. The minimum atomic E-state index is -0.167. The van der Waals surface area contributed by atoms with Gasteiger partial charge in [-0.15, -0.1) is 0 Å². The summed E-state index contributed by atoms with van der Waals surface area (Å²) in [5.41, 5.74) is 3.98. The van der Waals surface area contributed by atoms with Crippen LogP contribution in [0.2, 0.25) is 0 Å². The Labute approximate surface area is 150 Å². The molecule has 0 fully saturated rings. The molecular formula is C21H17N3O2. The zero-order valence-electron chi connectivity index (χ0n) is 14.2. The molecule has 26 heavy (non-hydrogen) atoms. The van der Waals surface area contributed by atoms with Gasteiger partial charge in [-0.2, -0.15) is 0 Å². The van der Waals surface area contributed by atoms with Crippen molar-refractivity contribution in [3.8, 4) is 17.0 Å². The first kappa shape index (κ1) is 15.9. The highest BCUT2D eigenvalue weighted by Gasteiger charge is 2.09. The molecule has 2 aromatic carbocycles. The van der Waals surface area contributed by atoms with E-state index >= 15 is 0 Å². The van der Waals surface area contributed by atoms with Crippen LogP contribution in [0.5, 0.6) is 5.75 Å². The maximum absolute atomic E-state index is 12.4. The van der Waals surface area contributed by atoms with Gasteiger partial charge in [-0.3, -0.25) is 4.79 Å². The summed E-state index contributed by atoms with van der Waals surface area (Å²) in [5.74, 6) is 0.551. The predicted octanol–water partition coefficient (Wildman–Crippen LogP) is 4.26. The summed E-state index contributed by atoms with van der Waals surface area (Å²) in [6.45, 7) is 0. The molecule has 0 atom stereocenters. The van der Waals surface area contributed by atoms with E-state index in [0.29, 0.717) is 5.56 Å². The Bertz CT molecular complexity index is 1040. The minimum Gasteiger partial charge on any atom is -0.497 e. The number of nitrogens with zero attached hydrogens (tertiary/aromatic N) is 2. The lowest BCUT2D eigenvalue weighted by molar-refractivity contribution is 0.102. The summed E-state index contributed by atoms with van der Waals surface area (Å²) in [7, 11) is 1.60. The molecular weight excluding hydrogens is 326 g/mol. The molecule has 0 saturated heterocycles. The van der Waals surface area contributed by atoms with Gasteiger partial charge in [0.05, 0.1) is 12.8 Å². The van der Waals surface area contributed by atoms with E-state index in [-0.39, 0.29) is 5.91 Å². The normalized spacial score (nSPS) is 10.7. The Morgan fingerprint density at radius 1 is 1.04 bits per heavy atom. The Morgan fingerprint density at radius 2 is 1.88 bits per heavy atom. The highest BCUT2D eigenvalue weighted by molar-refractivity contribution is 6.04. The number of hydrogen-bond acceptors (Lipinski definition) is 3. The molecule has 4 aromatic rings. The van der Waals surface area contributed by atoms with Crippen LogP contribution in [-0.4, -0.2) is 22.4 Å². The van der Waals surface area contributed by atoms with E-state index in [1.165, 1.54) is 0 Å². The van der Waals surface area contributed by atoms with Crippen LogP contribution in [0.3, 0.4) is 0 Å². The fraction of sp³-hybridized carbons (Fsp3) is 0.0476. The highest BCUT2D eigenvalue weighted by Crippen LogP contribution is 2.23. The van der Waals surface area contributed by atoms with E-state index in [0.717, 1.165) is 28.3 Å². The van der Waals surface area contributed by atoms with Crippen molar-refractivity contribution in [2.75, 3.05) is 12.4 Å². The number of hydrogen-bond donors (Lipinski definition) is 1. The van der Waals surface area contributed by atoms with E-state index in [4.69, 9.17) is 4.74 Å². The zero-order valence-corrected chi connectivity index (χ0v) is 14.2. The number of anilines is 1. The maximum atomic E-state index is 12.4. The van der Waals surface area contributed by atoms with Gasteiger partial charge in [-0.05, 0) is 48.5 Å². The van der Waals surface area contributed by atoms with Gasteiger partial charge in [-0.1, -0.05) is 18.2 Å². The number of aromatic nitrogens is 2. The van der Waals surface area contributed by atoms with Gasteiger partial charge in [0.2, 0.25) is 0 Å². The van der Waals surface area contributed by atoms with E-state index in [9.17, 15) is 4.79 Å². The number of methoxy groups -OCH3 is 1. The fourth-order valence-electron chi connectivity index (χ4n) is 2.78. The van der Waals surface area contributed by atoms with Crippen molar-refractivity contribution in [1.82, 2.24) is 9.38 Å². The van der Waals surface area contributed by atoms with Crippen molar-refractivity contribution in [1.29, 1.82) is 0 Å². The van der Waals surface area contributed by atoms with E-state index in [2.05, 4.69) is 10.3 Å². The lowest BCUT2D eigenvalue weighted by atomic mass is 10.1. The lowest BCUT2D eigenvalue weighted by Crippen LogP contribution is -2.11. The first-order chi connectivity index (χ1) is 12.7.